The van der Waals surface area contributed by atoms with Crippen molar-refractivity contribution in [2.24, 2.45) is 0 Å². The van der Waals surface area contributed by atoms with E-state index in [4.69, 9.17) is 4.74 Å². The zero-order valence-corrected chi connectivity index (χ0v) is 9.13. The monoisotopic (exact) mass is 201 g/mol. The molecule has 14 heavy (non-hydrogen) atoms. The van der Waals surface area contributed by atoms with Gasteiger partial charge in [-0.25, -0.2) is 0 Å². The van der Waals surface area contributed by atoms with E-state index in [1.807, 2.05) is 13.8 Å². The van der Waals surface area contributed by atoms with Gasteiger partial charge in [-0.2, -0.15) is 0 Å². The third-order valence-electron chi connectivity index (χ3n) is 1.53. The largest absolute Gasteiger partial charge is 0.463 e. The fourth-order valence-electron chi connectivity index (χ4n) is 0.902. The second kappa shape index (κ2) is 7.50. The Kier molecular flexibility index (Phi) is 7.02. The fourth-order valence-corrected chi connectivity index (χ4v) is 0.902. The van der Waals surface area contributed by atoms with Gasteiger partial charge in [0.2, 0.25) is 0 Å². The zero-order valence-electron chi connectivity index (χ0n) is 9.13. The third-order valence-corrected chi connectivity index (χ3v) is 1.53. The third kappa shape index (κ3) is 9.19. The van der Waals surface area contributed by atoms with Crippen molar-refractivity contribution in [2.45, 2.75) is 39.7 Å². The lowest BCUT2D eigenvalue weighted by Crippen LogP contribution is -2.22. The van der Waals surface area contributed by atoms with Crippen LogP contribution in [0.25, 0.3) is 0 Å². The maximum absolute atomic E-state index is 11.0. The Hall–Kier alpha value is -0.900. The van der Waals surface area contributed by atoms with Crippen LogP contribution in [0.1, 0.15) is 33.6 Å². The van der Waals surface area contributed by atoms with E-state index >= 15 is 0 Å². The first-order valence-electron chi connectivity index (χ1n) is 4.92. The Morgan fingerprint density at radius 1 is 1.21 bits per heavy atom. The van der Waals surface area contributed by atoms with Crippen LogP contribution >= 0.6 is 0 Å². The molecule has 0 saturated carbocycles. The summed E-state index contributed by atoms with van der Waals surface area (Å²) in [5, 5.41) is 3.00. The molecule has 0 aromatic heterocycles. The highest BCUT2D eigenvalue weighted by Crippen LogP contribution is 1.92. The molecule has 0 aliphatic rings. The Labute approximate surface area is 85.0 Å². The second-order valence-corrected chi connectivity index (χ2v) is 3.49. The summed E-state index contributed by atoms with van der Waals surface area (Å²) in [7, 11) is 0. The molecule has 0 heterocycles. The van der Waals surface area contributed by atoms with Crippen molar-refractivity contribution in [1.82, 2.24) is 5.32 Å². The first-order chi connectivity index (χ1) is 6.52. The van der Waals surface area contributed by atoms with Gasteiger partial charge in [-0.15, -0.1) is 0 Å². The van der Waals surface area contributed by atoms with Crippen LogP contribution in [0.4, 0.5) is 0 Å². The molecule has 0 aliphatic heterocycles. The first-order valence-corrected chi connectivity index (χ1v) is 4.92. The number of ether oxygens (including phenoxy) is 1. The zero-order chi connectivity index (χ0) is 11.0. The molecule has 0 amide bonds. The van der Waals surface area contributed by atoms with Crippen LogP contribution < -0.4 is 5.32 Å². The van der Waals surface area contributed by atoms with E-state index in [9.17, 15) is 9.59 Å². The number of Topliss-reactive ketones (excluding diaryl/α,β-unsaturated/α-hetero) is 1. The van der Waals surface area contributed by atoms with Crippen LogP contribution in [-0.4, -0.2) is 30.9 Å². The normalized spacial score (nSPS) is 10.3. The van der Waals surface area contributed by atoms with E-state index < -0.39 is 0 Å². The van der Waals surface area contributed by atoms with E-state index in [0.717, 1.165) is 0 Å². The van der Waals surface area contributed by atoms with Gasteiger partial charge < -0.3 is 10.1 Å². The number of nitrogens with one attached hydrogen (secondary N) is 1. The SMILES string of the molecule is CC(=O)CCNCCC(=O)OC(C)C. The van der Waals surface area contributed by atoms with E-state index in [1.165, 1.54) is 0 Å². The Bertz CT molecular complexity index is 190. The van der Waals surface area contributed by atoms with Crippen molar-refractivity contribution in [3.05, 3.63) is 0 Å². The van der Waals surface area contributed by atoms with Crippen molar-refractivity contribution in [1.29, 1.82) is 0 Å². The van der Waals surface area contributed by atoms with Gasteiger partial charge in [-0.3, -0.25) is 9.59 Å². The summed E-state index contributed by atoms with van der Waals surface area (Å²) in [4.78, 5) is 21.6. The van der Waals surface area contributed by atoms with Crippen molar-refractivity contribution in [3.8, 4) is 0 Å². The highest BCUT2D eigenvalue weighted by Gasteiger charge is 2.04. The van der Waals surface area contributed by atoms with Gasteiger partial charge in [0.25, 0.3) is 0 Å². The van der Waals surface area contributed by atoms with Crippen LogP contribution in [0.15, 0.2) is 0 Å². The molecule has 0 aromatic carbocycles. The van der Waals surface area contributed by atoms with Crippen molar-refractivity contribution in [3.63, 3.8) is 0 Å². The summed E-state index contributed by atoms with van der Waals surface area (Å²) in [6.07, 6.45) is 0.815. The summed E-state index contributed by atoms with van der Waals surface area (Å²) in [6, 6.07) is 0. The van der Waals surface area contributed by atoms with Gasteiger partial charge in [0.05, 0.1) is 12.5 Å². The highest BCUT2D eigenvalue weighted by atomic mass is 16.5. The summed E-state index contributed by atoms with van der Waals surface area (Å²) in [5.74, 6) is -0.0439. The number of carbonyl (C=O) groups excluding carboxylic acids is 2. The summed E-state index contributed by atoms with van der Waals surface area (Å²) < 4.78 is 4.93. The predicted molar refractivity (Wildman–Crippen MR) is 54.0 cm³/mol. The molecular formula is C10H19NO3. The number of rotatable bonds is 7. The fraction of sp³-hybridized carbons (Fsp3) is 0.800. The number of esters is 1. The second-order valence-electron chi connectivity index (χ2n) is 3.49. The molecule has 1 N–H and O–H groups in total. The van der Waals surface area contributed by atoms with Crippen molar-refractivity contribution < 1.29 is 14.3 Å². The predicted octanol–water partition coefficient (Wildman–Crippen LogP) is 0.897. The first kappa shape index (κ1) is 13.1. The average molecular weight is 201 g/mol. The molecule has 0 saturated heterocycles. The van der Waals surface area contributed by atoms with Crippen LogP contribution in [0.3, 0.4) is 0 Å². The molecule has 0 aromatic rings. The molecule has 0 unspecified atom stereocenters. The van der Waals surface area contributed by atoms with Gasteiger partial charge >= 0.3 is 5.97 Å². The highest BCUT2D eigenvalue weighted by molar-refractivity contribution is 5.75. The van der Waals surface area contributed by atoms with E-state index in [2.05, 4.69) is 5.32 Å². The standard InChI is InChI=1S/C10H19NO3/c1-8(2)14-10(13)5-7-11-6-4-9(3)12/h8,11H,4-7H2,1-3H3. The Morgan fingerprint density at radius 3 is 2.29 bits per heavy atom. The molecule has 0 aliphatic carbocycles. The number of hydrogen-bond acceptors (Lipinski definition) is 4. The van der Waals surface area contributed by atoms with Gasteiger partial charge in [-0.05, 0) is 20.8 Å². The quantitative estimate of drug-likeness (QED) is 0.491. The van der Waals surface area contributed by atoms with Gasteiger partial charge in [0.15, 0.2) is 0 Å². The van der Waals surface area contributed by atoms with Crippen LogP contribution in [0, 0.1) is 0 Å². The van der Waals surface area contributed by atoms with Crippen LogP contribution in [0.5, 0.6) is 0 Å². The van der Waals surface area contributed by atoms with E-state index in [-0.39, 0.29) is 17.9 Å². The number of carbonyl (C=O) groups is 2. The molecular weight excluding hydrogens is 182 g/mol. The Balaban J connectivity index is 3.27. The molecule has 0 fully saturated rings. The molecule has 0 spiro atoms. The maximum atomic E-state index is 11.0. The summed E-state index contributed by atoms with van der Waals surface area (Å²) >= 11 is 0. The molecule has 4 heteroatoms. The minimum atomic E-state index is -0.199. The van der Waals surface area contributed by atoms with Gasteiger partial charge in [0, 0.05) is 19.5 Å². The van der Waals surface area contributed by atoms with Crippen molar-refractivity contribution >= 4 is 11.8 Å². The average Bonchev–Trinajstić information content (AvgIpc) is 2.01. The summed E-state index contributed by atoms with van der Waals surface area (Å²) in [5.41, 5.74) is 0. The smallest absolute Gasteiger partial charge is 0.307 e. The lowest BCUT2D eigenvalue weighted by Gasteiger charge is -2.07. The maximum Gasteiger partial charge on any atom is 0.307 e. The molecule has 4 nitrogen and oxygen atoms in total. The Morgan fingerprint density at radius 2 is 1.79 bits per heavy atom. The number of ketones is 1. The molecule has 0 rings (SSSR count). The van der Waals surface area contributed by atoms with Gasteiger partial charge in [0.1, 0.15) is 5.78 Å². The van der Waals surface area contributed by atoms with Crippen LogP contribution in [-0.2, 0) is 14.3 Å². The summed E-state index contributed by atoms with van der Waals surface area (Å²) in [6.45, 7) is 6.39. The van der Waals surface area contributed by atoms with E-state index in [0.29, 0.717) is 25.9 Å². The minimum Gasteiger partial charge on any atom is -0.463 e. The van der Waals surface area contributed by atoms with Gasteiger partial charge in [-0.1, -0.05) is 0 Å². The molecule has 82 valence electrons. The lowest BCUT2D eigenvalue weighted by atomic mass is 10.3. The minimum absolute atomic E-state index is 0.0558. The molecule has 0 atom stereocenters. The van der Waals surface area contributed by atoms with Crippen molar-refractivity contribution in [2.75, 3.05) is 13.1 Å². The number of hydrogen-bond donors (Lipinski definition) is 1. The lowest BCUT2D eigenvalue weighted by molar-refractivity contribution is -0.147. The molecule has 0 radical (unpaired) electrons. The topological polar surface area (TPSA) is 55.4 Å². The van der Waals surface area contributed by atoms with Crippen LogP contribution in [0.2, 0.25) is 0 Å². The molecule has 0 bridgehead atoms. The van der Waals surface area contributed by atoms with E-state index in [1.54, 1.807) is 6.92 Å².